The fourth-order valence-electron chi connectivity index (χ4n) is 3.21. The maximum absolute atomic E-state index is 12.8. The monoisotopic (exact) mass is 391 g/mol. The number of pyridine rings is 2. The van der Waals surface area contributed by atoms with Crippen LogP contribution in [-0.2, 0) is 0 Å². The Morgan fingerprint density at radius 2 is 1.96 bits per heavy atom. The lowest BCUT2D eigenvalue weighted by Crippen LogP contribution is -2.10. The van der Waals surface area contributed by atoms with Gasteiger partial charge in [-0.3, -0.25) is 9.78 Å². The first kappa shape index (κ1) is 18.2. The number of benzene rings is 1. The highest BCUT2D eigenvalue weighted by molar-refractivity contribution is 6.31. The quantitative estimate of drug-likeness (QED) is 0.473. The second-order valence-corrected chi connectivity index (χ2v) is 7.01. The molecule has 0 saturated carbocycles. The molecule has 1 aromatic carbocycles. The average molecular weight is 392 g/mol. The summed E-state index contributed by atoms with van der Waals surface area (Å²) in [7, 11) is 0. The first-order valence-electron chi connectivity index (χ1n) is 8.89. The van der Waals surface area contributed by atoms with Gasteiger partial charge in [-0.1, -0.05) is 17.7 Å². The van der Waals surface area contributed by atoms with Crippen molar-refractivity contribution < 1.29 is 4.42 Å². The predicted molar refractivity (Wildman–Crippen MR) is 112 cm³/mol. The number of fused-ring (bicyclic) bond motifs is 1. The van der Waals surface area contributed by atoms with E-state index in [1.54, 1.807) is 18.6 Å². The topological polar surface area (TPSA) is 68.0 Å². The molecule has 6 heteroatoms. The van der Waals surface area contributed by atoms with Gasteiger partial charge in [-0.05, 0) is 49.7 Å². The standard InChI is InChI=1S/C22H18ClN3O2/c1-13-9-16(14(2)26-18-6-4-8-25-22(18)23)21-17(10-13)19(27)11-20(28-21)15-5-3-7-24-12-15/h3-12,14,26H,1-2H3. The van der Waals surface area contributed by atoms with Gasteiger partial charge < -0.3 is 9.73 Å². The van der Waals surface area contributed by atoms with Crippen LogP contribution in [0.25, 0.3) is 22.3 Å². The van der Waals surface area contributed by atoms with Crippen molar-refractivity contribution >= 4 is 28.3 Å². The van der Waals surface area contributed by atoms with Crippen molar-refractivity contribution in [2.24, 2.45) is 0 Å². The van der Waals surface area contributed by atoms with Crippen LogP contribution in [0.5, 0.6) is 0 Å². The Hall–Kier alpha value is -3.18. The lowest BCUT2D eigenvalue weighted by atomic mass is 10.0. The first-order chi connectivity index (χ1) is 13.5. The molecule has 1 unspecified atom stereocenters. The van der Waals surface area contributed by atoms with Crippen LogP contribution in [0, 0.1) is 6.92 Å². The molecule has 0 radical (unpaired) electrons. The van der Waals surface area contributed by atoms with Gasteiger partial charge in [-0.15, -0.1) is 0 Å². The van der Waals surface area contributed by atoms with Crippen molar-refractivity contribution in [1.29, 1.82) is 0 Å². The molecular formula is C22H18ClN3O2. The SMILES string of the molecule is Cc1cc(C(C)Nc2cccnc2Cl)c2oc(-c3cccnc3)cc(=O)c2c1. The van der Waals surface area contributed by atoms with Crippen LogP contribution in [0.15, 0.2) is 70.3 Å². The fraction of sp³-hybridized carbons (Fsp3) is 0.136. The minimum Gasteiger partial charge on any atom is -0.455 e. The molecule has 0 fully saturated rings. The Labute approximate surface area is 167 Å². The van der Waals surface area contributed by atoms with Gasteiger partial charge in [0.1, 0.15) is 11.3 Å². The van der Waals surface area contributed by atoms with Crippen molar-refractivity contribution in [2.45, 2.75) is 19.9 Å². The van der Waals surface area contributed by atoms with Gasteiger partial charge in [-0.2, -0.15) is 0 Å². The predicted octanol–water partition coefficient (Wildman–Crippen LogP) is 5.38. The number of hydrogen-bond acceptors (Lipinski definition) is 5. The molecule has 0 aliphatic rings. The van der Waals surface area contributed by atoms with Gasteiger partial charge in [0.2, 0.25) is 0 Å². The van der Waals surface area contributed by atoms with Gasteiger partial charge in [0.15, 0.2) is 10.6 Å². The van der Waals surface area contributed by atoms with Crippen LogP contribution < -0.4 is 10.7 Å². The summed E-state index contributed by atoms with van der Waals surface area (Å²) < 4.78 is 6.18. The first-order valence-corrected chi connectivity index (χ1v) is 9.26. The van der Waals surface area contributed by atoms with E-state index in [-0.39, 0.29) is 11.5 Å². The fourth-order valence-corrected chi connectivity index (χ4v) is 3.39. The van der Waals surface area contributed by atoms with Crippen molar-refractivity contribution in [1.82, 2.24) is 9.97 Å². The van der Waals surface area contributed by atoms with E-state index in [1.165, 1.54) is 6.07 Å². The maximum Gasteiger partial charge on any atom is 0.193 e. The van der Waals surface area contributed by atoms with Gasteiger partial charge in [0.05, 0.1) is 17.1 Å². The van der Waals surface area contributed by atoms with Crippen molar-refractivity contribution in [3.05, 3.63) is 87.6 Å². The minimum absolute atomic E-state index is 0.0864. The molecule has 4 rings (SSSR count). The number of halogens is 1. The molecule has 3 aromatic heterocycles. The zero-order valence-corrected chi connectivity index (χ0v) is 16.2. The summed E-state index contributed by atoms with van der Waals surface area (Å²) in [5.41, 5.74) is 3.79. The second-order valence-electron chi connectivity index (χ2n) is 6.66. The van der Waals surface area contributed by atoms with E-state index >= 15 is 0 Å². The van der Waals surface area contributed by atoms with Crippen molar-refractivity contribution in [3.8, 4) is 11.3 Å². The van der Waals surface area contributed by atoms with Gasteiger partial charge in [-0.25, -0.2) is 4.98 Å². The Morgan fingerprint density at radius 3 is 2.71 bits per heavy atom. The second kappa shape index (κ2) is 7.44. The average Bonchev–Trinajstić information content (AvgIpc) is 2.70. The van der Waals surface area contributed by atoms with Crippen molar-refractivity contribution in [3.63, 3.8) is 0 Å². The molecule has 0 saturated heterocycles. The summed E-state index contributed by atoms with van der Waals surface area (Å²) in [5, 5.41) is 4.30. The van der Waals surface area contributed by atoms with E-state index in [2.05, 4.69) is 15.3 Å². The number of anilines is 1. The van der Waals surface area contributed by atoms with Crippen LogP contribution >= 0.6 is 11.6 Å². The molecule has 0 aliphatic carbocycles. The Balaban J connectivity index is 1.86. The van der Waals surface area contributed by atoms with Crippen LogP contribution in [0.1, 0.15) is 24.1 Å². The molecule has 0 aliphatic heterocycles. The zero-order valence-electron chi connectivity index (χ0n) is 15.4. The number of aromatic nitrogens is 2. The van der Waals surface area contributed by atoms with Gasteiger partial charge in [0, 0.05) is 35.8 Å². The van der Waals surface area contributed by atoms with E-state index in [4.69, 9.17) is 16.0 Å². The minimum atomic E-state index is -0.156. The summed E-state index contributed by atoms with van der Waals surface area (Å²) in [5.74, 6) is 0.488. The lowest BCUT2D eigenvalue weighted by molar-refractivity contribution is 0.610. The molecule has 5 nitrogen and oxygen atoms in total. The summed E-state index contributed by atoms with van der Waals surface area (Å²) in [4.78, 5) is 21.0. The highest BCUT2D eigenvalue weighted by atomic mass is 35.5. The molecular weight excluding hydrogens is 374 g/mol. The Morgan fingerprint density at radius 1 is 1.14 bits per heavy atom. The van der Waals surface area contributed by atoms with E-state index in [9.17, 15) is 4.79 Å². The molecule has 1 N–H and O–H groups in total. The smallest absolute Gasteiger partial charge is 0.193 e. The third kappa shape index (κ3) is 3.49. The third-order valence-corrected chi connectivity index (χ3v) is 4.85. The normalized spacial score (nSPS) is 12.1. The van der Waals surface area contributed by atoms with Crippen LogP contribution in [0.4, 0.5) is 5.69 Å². The number of hydrogen-bond donors (Lipinski definition) is 1. The number of rotatable bonds is 4. The molecule has 4 aromatic rings. The largest absolute Gasteiger partial charge is 0.455 e. The summed E-state index contributed by atoms with van der Waals surface area (Å²) in [6, 6.07) is 12.6. The summed E-state index contributed by atoms with van der Waals surface area (Å²) in [6.45, 7) is 3.95. The molecule has 140 valence electrons. The molecule has 0 spiro atoms. The van der Waals surface area contributed by atoms with E-state index in [0.717, 1.165) is 22.4 Å². The van der Waals surface area contributed by atoms with E-state index in [1.807, 2.05) is 50.2 Å². The highest BCUT2D eigenvalue weighted by Crippen LogP contribution is 2.31. The molecule has 28 heavy (non-hydrogen) atoms. The molecule has 1 atom stereocenters. The molecule has 0 amide bonds. The van der Waals surface area contributed by atoms with E-state index < -0.39 is 0 Å². The number of nitrogens with zero attached hydrogens (tertiary/aromatic N) is 2. The lowest BCUT2D eigenvalue weighted by Gasteiger charge is -2.18. The molecule has 0 bridgehead atoms. The Bertz CT molecular complexity index is 1210. The number of nitrogens with one attached hydrogen (secondary N) is 1. The van der Waals surface area contributed by atoms with Crippen LogP contribution in [0.3, 0.4) is 0 Å². The summed E-state index contributed by atoms with van der Waals surface area (Å²) >= 11 is 6.18. The van der Waals surface area contributed by atoms with Gasteiger partial charge in [0.25, 0.3) is 0 Å². The maximum atomic E-state index is 12.8. The summed E-state index contributed by atoms with van der Waals surface area (Å²) in [6.07, 6.45) is 5.00. The van der Waals surface area contributed by atoms with Crippen LogP contribution in [0.2, 0.25) is 5.15 Å². The Kier molecular flexibility index (Phi) is 4.84. The van der Waals surface area contributed by atoms with Crippen LogP contribution in [-0.4, -0.2) is 9.97 Å². The molecule has 3 heterocycles. The van der Waals surface area contributed by atoms with Gasteiger partial charge >= 0.3 is 0 Å². The number of aryl methyl sites for hydroxylation is 1. The third-order valence-electron chi connectivity index (χ3n) is 4.55. The van der Waals surface area contributed by atoms with Crippen molar-refractivity contribution in [2.75, 3.05) is 5.32 Å². The highest BCUT2D eigenvalue weighted by Gasteiger charge is 2.17. The van der Waals surface area contributed by atoms with E-state index in [0.29, 0.717) is 21.9 Å². The zero-order chi connectivity index (χ0) is 19.7.